The number of nitrogens with zero attached hydrogens (tertiary/aromatic N) is 2. The number of hydrogen-bond acceptors (Lipinski definition) is 10. The Bertz CT molecular complexity index is 1670. The average molecular weight is 587 g/mol. The second-order valence-corrected chi connectivity index (χ2v) is 9.95. The van der Waals surface area contributed by atoms with Crippen LogP contribution in [0.15, 0.2) is 57.5 Å². The molecule has 1 aromatic heterocycles. The fraction of sp³-hybridized carbons (Fsp3) is 0.286. The third-order valence-corrected chi connectivity index (χ3v) is 7.17. The summed E-state index contributed by atoms with van der Waals surface area (Å²) < 4.78 is 23.0. The number of hydrogen-bond donors (Lipinski definition) is 1. The predicted octanol–water partition coefficient (Wildman–Crippen LogP) is 3.11. The third kappa shape index (κ3) is 5.90. The van der Waals surface area contributed by atoms with Gasteiger partial charge in [-0.15, -0.1) is 0 Å². The van der Waals surface area contributed by atoms with Gasteiger partial charge in [0.25, 0.3) is 5.56 Å². The van der Waals surface area contributed by atoms with Crippen LogP contribution in [0.5, 0.6) is 17.2 Å². The van der Waals surface area contributed by atoms with Crippen LogP contribution in [0, 0.1) is 0 Å². The van der Waals surface area contributed by atoms with E-state index in [1.165, 1.54) is 23.8 Å². The first kappa shape index (κ1) is 28.9. The Morgan fingerprint density at radius 2 is 1.90 bits per heavy atom. The lowest BCUT2D eigenvalue weighted by molar-refractivity contribution is -0.143. The van der Waals surface area contributed by atoms with Gasteiger partial charge < -0.3 is 24.1 Å². The lowest BCUT2D eigenvalue weighted by atomic mass is 9.95. The van der Waals surface area contributed by atoms with Crippen LogP contribution in [0.1, 0.15) is 37.9 Å². The quantitative estimate of drug-likeness (QED) is 0.379. The fourth-order valence-corrected chi connectivity index (χ4v) is 5.39. The lowest BCUT2D eigenvalue weighted by Gasteiger charge is -2.25. The molecule has 0 saturated carbocycles. The molecule has 1 aliphatic heterocycles. The molecule has 1 atom stereocenters. The minimum atomic E-state index is -0.903. The molecule has 0 unspecified atom stereocenters. The molecule has 2 heterocycles. The van der Waals surface area contributed by atoms with Crippen LogP contribution in [0.25, 0.3) is 6.08 Å². The van der Waals surface area contributed by atoms with E-state index in [0.29, 0.717) is 44.8 Å². The molecule has 0 amide bonds. The molecule has 3 aromatic rings. The molecule has 1 aliphatic rings. The summed E-state index contributed by atoms with van der Waals surface area (Å²) >= 11 is 7.21. The Balaban J connectivity index is 1.92. The second-order valence-electron chi connectivity index (χ2n) is 8.51. The highest BCUT2D eigenvalue weighted by Crippen LogP contribution is 2.36. The van der Waals surface area contributed by atoms with Crippen molar-refractivity contribution in [2.45, 2.75) is 26.8 Å². The molecular weight excluding hydrogens is 560 g/mol. The number of ether oxygens (including phenoxy) is 4. The standard InChI is InChI=1S/C28H27ClN2O8S/c1-5-37-21-12-16(7-10-20(21)39-14-23(33)36-4)25-24(27(35)38-6-2)15(3)30-28-31(25)26(34)22(40-28)13-17-11-18(29)8-9-19(17)32/h7-13,25,32H,5-6,14H2,1-4H3/b22-13-/t25-/m1/s1. The molecule has 0 aliphatic carbocycles. The number of fused-ring (bicyclic) bond motifs is 1. The molecule has 210 valence electrons. The van der Waals surface area contributed by atoms with E-state index in [0.717, 1.165) is 11.3 Å². The van der Waals surface area contributed by atoms with Crippen molar-refractivity contribution < 1.29 is 33.6 Å². The van der Waals surface area contributed by atoms with Gasteiger partial charge in [-0.1, -0.05) is 29.0 Å². The molecule has 10 nitrogen and oxygen atoms in total. The van der Waals surface area contributed by atoms with E-state index in [1.54, 1.807) is 51.1 Å². The van der Waals surface area contributed by atoms with Gasteiger partial charge in [0.05, 0.1) is 42.2 Å². The Morgan fingerprint density at radius 3 is 2.60 bits per heavy atom. The molecule has 1 N–H and O–H groups in total. The Morgan fingerprint density at radius 1 is 1.12 bits per heavy atom. The Labute approximate surface area is 238 Å². The molecule has 0 radical (unpaired) electrons. The number of aromatic nitrogens is 1. The summed E-state index contributed by atoms with van der Waals surface area (Å²) in [6.45, 7) is 5.26. The maximum absolute atomic E-state index is 13.8. The maximum Gasteiger partial charge on any atom is 0.343 e. The van der Waals surface area contributed by atoms with Crippen LogP contribution in [0.4, 0.5) is 0 Å². The fourth-order valence-electron chi connectivity index (χ4n) is 4.17. The molecule has 0 bridgehead atoms. The number of methoxy groups -OCH3 is 1. The maximum atomic E-state index is 13.8. The van der Waals surface area contributed by atoms with Crippen LogP contribution in [0.3, 0.4) is 0 Å². The number of thiazole rings is 1. The molecule has 12 heteroatoms. The number of aromatic hydroxyl groups is 1. The van der Waals surface area contributed by atoms with E-state index >= 15 is 0 Å². The number of esters is 2. The zero-order chi connectivity index (χ0) is 29.0. The number of phenolic OH excluding ortho intramolecular Hbond substituents is 1. The van der Waals surface area contributed by atoms with Crippen molar-refractivity contribution in [1.82, 2.24) is 4.57 Å². The van der Waals surface area contributed by atoms with E-state index in [1.807, 2.05) is 0 Å². The van der Waals surface area contributed by atoms with E-state index < -0.39 is 23.5 Å². The van der Waals surface area contributed by atoms with Crippen LogP contribution in [-0.2, 0) is 19.1 Å². The summed E-state index contributed by atoms with van der Waals surface area (Å²) in [5.74, 6) is -0.614. The topological polar surface area (TPSA) is 126 Å². The van der Waals surface area contributed by atoms with Gasteiger partial charge in [0.2, 0.25) is 0 Å². The van der Waals surface area contributed by atoms with Crippen molar-refractivity contribution in [3.63, 3.8) is 0 Å². The van der Waals surface area contributed by atoms with Gasteiger partial charge in [-0.3, -0.25) is 9.36 Å². The van der Waals surface area contributed by atoms with Crippen LogP contribution in [-0.4, -0.2) is 48.5 Å². The van der Waals surface area contributed by atoms with Gasteiger partial charge in [-0.05, 0) is 62.7 Å². The summed E-state index contributed by atoms with van der Waals surface area (Å²) in [6.07, 6.45) is 1.53. The van der Waals surface area contributed by atoms with Crippen LogP contribution < -0.4 is 24.4 Å². The number of carbonyl (C=O) groups is 2. The van der Waals surface area contributed by atoms with Gasteiger partial charge in [0.1, 0.15) is 5.75 Å². The summed E-state index contributed by atoms with van der Waals surface area (Å²) in [4.78, 5) is 43.5. The molecule has 4 rings (SSSR count). The number of phenols is 1. The van der Waals surface area contributed by atoms with Crippen molar-refractivity contribution in [1.29, 1.82) is 0 Å². The number of benzene rings is 2. The highest BCUT2D eigenvalue weighted by atomic mass is 35.5. The van der Waals surface area contributed by atoms with E-state index in [2.05, 4.69) is 9.73 Å². The normalized spacial score (nSPS) is 14.8. The molecule has 2 aromatic carbocycles. The van der Waals surface area contributed by atoms with Crippen molar-refractivity contribution >= 4 is 41.0 Å². The summed E-state index contributed by atoms with van der Waals surface area (Å²) in [7, 11) is 1.26. The molecule has 0 spiro atoms. The SMILES string of the molecule is CCOC(=O)C1=C(C)N=c2s/c(=C\c3cc(Cl)ccc3O)c(=O)n2[C@@H]1c1ccc(OCC(=O)OC)c(OCC)c1. The Kier molecular flexibility index (Phi) is 8.96. The van der Waals surface area contributed by atoms with Crippen LogP contribution in [0.2, 0.25) is 5.02 Å². The van der Waals surface area contributed by atoms with Crippen molar-refractivity contribution in [3.05, 3.63) is 83.5 Å². The minimum Gasteiger partial charge on any atom is -0.507 e. The van der Waals surface area contributed by atoms with E-state index in [9.17, 15) is 19.5 Å². The highest BCUT2D eigenvalue weighted by Gasteiger charge is 2.34. The minimum absolute atomic E-state index is 0.0425. The molecular formula is C28H27ClN2O8S. The summed E-state index contributed by atoms with van der Waals surface area (Å²) in [5, 5.41) is 10.7. The van der Waals surface area contributed by atoms with Gasteiger partial charge in [-0.2, -0.15) is 0 Å². The van der Waals surface area contributed by atoms with Crippen molar-refractivity contribution in [3.8, 4) is 17.2 Å². The van der Waals surface area contributed by atoms with Crippen molar-refractivity contribution in [2.75, 3.05) is 26.9 Å². The smallest absolute Gasteiger partial charge is 0.343 e. The van der Waals surface area contributed by atoms with Gasteiger partial charge in [0, 0.05) is 10.6 Å². The zero-order valence-electron chi connectivity index (χ0n) is 22.2. The molecule has 0 fully saturated rings. The average Bonchev–Trinajstić information content (AvgIpc) is 3.23. The largest absolute Gasteiger partial charge is 0.507 e. The van der Waals surface area contributed by atoms with E-state index in [4.69, 9.17) is 25.8 Å². The molecule has 40 heavy (non-hydrogen) atoms. The lowest BCUT2D eigenvalue weighted by Crippen LogP contribution is -2.40. The first-order valence-corrected chi connectivity index (χ1v) is 13.5. The van der Waals surface area contributed by atoms with Crippen LogP contribution >= 0.6 is 22.9 Å². The highest BCUT2D eigenvalue weighted by molar-refractivity contribution is 7.07. The summed E-state index contributed by atoms with van der Waals surface area (Å²) in [5.41, 5.74) is 1.06. The van der Waals surface area contributed by atoms with E-state index in [-0.39, 0.29) is 29.1 Å². The van der Waals surface area contributed by atoms with Gasteiger partial charge >= 0.3 is 11.9 Å². The first-order chi connectivity index (χ1) is 19.2. The molecule has 0 saturated heterocycles. The third-order valence-electron chi connectivity index (χ3n) is 5.95. The zero-order valence-corrected chi connectivity index (χ0v) is 23.8. The summed E-state index contributed by atoms with van der Waals surface area (Å²) in [6, 6.07) is 8.55. The van der Waals surface area contributed by atoms with Gasteiger partial charge in [-0.25, -0.2) is 14.6 Å². The number of halogens is 1. The first-order valence-electron chi connectivity index (χ1n) is 12.3. The number of allylic oxidation sites excluding steroid dienone is 1. The predicted molar refractivity (Wildman–Crippen MR) is 149 cm³/mol. The Hall–Kier alpha value is -4.09. The number of rotatable bonds is 9. The monoisotopic (exact) mass is 586 g/mol. The second kappa shape index (κ2) is 12.4. The van der Waals surface area contributed by atoms with Gasteiger partial charge in [0.15, 0.2) is 22.9 Å². The number of carbonyl (C=O) groups excluding carboxylic acids is 2. The van der Waals surface area contributed by atoms with Crippen molar-refractivity contribution in [2.24, 2.45) is 4.99 Å².